The van der Waals surface area contributed by atoms with Gasteiger partial charge in [0.1, 0.15) is 5.75 Å². The maximum atomic E-state index is 13.0. The molecule has 2 amide bonds. The molecule has 0 aliphatic rings. The highest BCUT2D eigenvalue weighted by atomic mass is 16.5. The van der Waals surface area contributed by atoms with Crippen LogP contribution in [0.15, 0.2) is 42.5 Å². The van der Waals surface area contributed by atoms with Crippen LogP contribution in [-0.4, -0.2) is 24.1 Å². The van der Waals surface area contributed by atoms with E-state index in [1.807, 2.05) is 36.1 Å². The predicted octanol–water partition coefficient (Wildman–Crippen LogP) is 7.49. The zero-order chi connectivity index (χ0) is 22.5. The van der Waals surface area contributed by atoms with E-state index in [9.17, 15) is 4.79 Å². The van der Waals surface area contributed by atoms with E-state index >= 15 is 0 Å². The summed E-state index contributed by atoms with van der Waals surface area (Å²) in [4.78, 5) is 14.9. The van der Waals surface area contributed by atoms with Crippen molar-refractivity contribution < 1.29 is 9.53 Å². The van der Waals surface area contributed by atoms with Crippen molar-refractivity contribution in [1.29, 1.82) is 0 Å². The number of nitrogens with zero attached hydrogens (tertiary/aromatic N) is 1. The largest absolute Gasteiger partial charge is 0.494 e. The van der Waals surface area contributed by atoms with Crippen LogP contribution in [0.1, 0.15) is 75.5 Å². The van der Waals surface area contributed by atoms with Crippen LogP contribution in [0.3, 0.4) is 0 Å². The maximum Gasteiger partial charge on any atom is 0.322 e. The second-order valence-corrected chi connectivity index (χ2v) is 8.43. The van der Waals surface area contributed by atoms with Crippen molar-refractivity contribution in [2.75, 3.05) is 18.5 Å². The molecular formula is C27H40N2O2. The lowest BCUT2D eigenvalue weighted by molar-refractivity contribution is 0.208. The summed E-state index contributed by atoms with van der Waals surface area (Å²) in [6, 6.07) is 14.2. The van der Waals surface area contributed by atoms with Gasteiger partial charge in [-0.1, -0.05) is 75.8 Å². The summed E-state index contributed by atoms with van der Waals surface area (Å²) in [6.07, 6.45) is 8.23. The van der Waals surface area contributed by atoms with Crippen molar-refractivity contribution in [2.45, 2.75) is 79.2 Å². The topological polar surface area (TPSA) is 41.6 Å². The Labute approximate surface area is 189 Å². The Hall–Kier alpha value is -2.49. The molecule has 0 saturated carbocycles. The van der Waals surface area contributed by atoms with Crippen molar-refractivity contribution in [3.05, 3.63) is 59.2 Å². The summed E-state index contributed by atoms with van der Waals surface area (Å²) in [5.74, 6) is 0.902. The highest BCUT2D eigenvalue weighted by Crippen LogP contribution is 2.19. The van der Waals surface area contributed by atoms with Crippen LogP contribution in [-0.2, 0) is 6.54 Å². The molecule has 0 radical (unpaired) electrons. The summed E-state index contributed by atoms with van der Waals surface area (Å²) in [5, 5.41) is 3.09. The summed E-state index contributed by atoms with van der Waals surface area (Å²) in [7, 11) is 0. The van der Waals surface area contributed by atoms with Crippen LogP contribution in [0.4, 0.5) is 10.5 Å². The molecule has 4 nitrogen and oxygen atoms in total. The standard InChI is InChI=1S/C27H40N2O2/c1-5-7-9-10-11-19-31-25-15-13-24(14-16-25)21-29(18-8-6-2)27(30)28-26-17-12-22(3)20-23(26)4/h12-17,20H,5-11,18-19,21H2,1-4H3,(H,28,30). The molecule has 0 atom stereocenters. The van der Waals surface area contributed by atoms with E-state index in [0.29, 0.717) is 6.54 Å². The molecule has 0 spiro atoms. The molecule has 2 aromatic rings. The average Bonchev–Trinajstić information content (AvgIpc) is 2.76. The second kappa shape index (κ2) is 13.7. The molecule has 2 aromatic carbocycles. The van der Waals surface area contributed by atoms with Crippen LogP contribution < -0.4 is 10.1 Å². The summed E-state index contributed by atoms with van der Waals surface area (Å²) in [6.45, 7) is 10.6. The fourth-order valence-electron chi connectivity index (χ4n) is 3.56. The monoisotopic (exact) mass is 424 g/mol. The van der Waals surface area contributed by atoms with E-state index in [0.717, 1.165) is 55.0 Å². The molecule has 2 rings (SSSR count). The summed E-state index contributed by atoms with van der Waals surface area (Å²) >= 11 is 0. The van der Waals surface area contributed by atoms with Crippen LogP contribution in [0, 0.1) is 13.8 Å². The van der Waals surface area contributed by atoms with Gasteiger partial charge in [-0.25, -0.2) is 4.79 Å². The van der Waals surface area contributed by atoms with Crippen molar-refractivity contribution in [2.24, 2.45) is 0 Å². The highest BCUT2D eigenvalue weighted by Gasteiger charge is 2.15. The third kappa shape index (κ3) is 9.04. The first-order chi connectivity index (χ1) is 15.0. The lowest BCUT2D eigenvalue weighted by Crippen LogP contribution is -2.35. The minimum atomic E-state index is -0.0483. The number of anilines is 1. The molecule has 170 valence electrons. The highest BCUT2D eigenvalue weighted by molar-refractivity contribution is 5.90. The molecule has 1 N–H and O–H groups in total. The van der Waals surface area contributed by atoms with Crippen LogP contribution in [0.25, 0.3) is 0 Å². The smallest absolute Gasteiger partial charge is 0.322 e. The van der Waals surface area contributed by atoms with Gasteiger partial charge in [-0.2, -0.15) is 0 Å². The lowest BCUT2D eigenvalue weighted by Gasteiger charge is -2.24. The Morgan fingerprint density at radius 3 is 2.29 bits per heavy atom. The zero-order valence-corrected chi connectivity index (χ0v) is 19.9. The van der Waals surface area contributed by atoms with Crippen LogP contribution >= 0.6 is 0 Å². The van der Waals surface area contributed by atoms with Gasteiger partial charge in [0.2, 0.25) is 0 Å². The van der Waals surface area contributed by atoms with Gasteiger partial charge in [-0.3, -0.25) is 0 Å². The molecular weight excluding hydrogens is 384 g/mol. The number of benzene rings is 2. The van der Waals surface area contributed by atoms with Gasteiger partial charge in [0.15, 0.2) is 0 Å². The number of urea groups is 1. The third-order valence-corrected chi connectivity index (χ3v) is 5.51. The number of hydrogen-bond acceptors (Lipinski definition) is 2. The second-order valence-electron chi connectivity index (χ2n) is 8.43. The van der Waals surface area contributed by atoms with Gasteiger partial charge in [0.05, 0.1) is 6.61 Å². The number of carbonyl (C=O) groups excluding carboxylic acids is 1. The number of hydrogen-bond donors (Lipinski definition) is 1. The molecule has 31 heavy (non-hydrogen) atoms. The number of ether oxygens (including phenoxy) is 1. The number of rotatable bonds is 13. The Balaban J connectivity index is 1.91. The molecule has 0 aromatic heterocycles. The fourth-order valence-corrected chi connectivity index (χ4v) is 3.56. The fraction of sp³-hybridized carbons (Fsp3) is 0.519. The first kappa shape index (κ1) is 24.8. The number of aryl methyl sites for hydroxylation is 2. The van der Waals surface area contributed by atoms with E-state index in [1.165, 1.54) is 31.2 Å². The number of nitrogens with one attached hydrogen (secondary N) is 1. The molecule has 0 heterocycles. The molecule has 0 bridgehead atoms. The molecule has 4 heteroatoms. The SMILES string of the molecule is CCCCCCCOc1ccc(CN(CCCC)C(=O)Nc2ccc(C)cc2C)cc1. The number of carbonyl (C=O) groups is 1. The molecule has 0 unspecified atom stereocenters. The summed E-state index contributed by atoms with van der Waals surface area (Å²) < 4.78 is 5.87. The molecule has 0 fully saturated rings. The first-order valence-corrected chi connectivity index (χ1v) is 11.9. The molecule has 0 aliphatic heterocycles. The van der Waals surface area contributed by atoms with Crippen molar-refractivity contribution in [3.63, 3.8) is 0 Å². The van der Waals surface area contributed by atoms with Crippen LogP contribution in [0.2, 0.25) is 0 Å². The third-order valence-electron chi connectivity index (χ3n) is 5.51. The van der Waals surface area contributed by atoms with E-state index < -0.39 is 0 Å². The van der Waals surface area contributed by atoms with Crippen molar-refractivity contribution in [1.82, 2.24) is 4.90 Å². The minimum Gasteiger partial charge on any atom is -0.494 e. The summed E-state index contributed by atoms with van der Waals surface area (Å²) in [5.41, 5.74) is 4.27. The predicted molar refractivity (Wildman–Crippen MR) is 131 cm³/mol. The van der Waals surface area contributed by atoms with Gasteiger partial charge in [-0.05, 0) is 56.0 Å². The van der Waals surface area contributed by atoms with E-state index in [2.05, 4.69) is 44.3 Å². The Bertz CT molecular complexity index is 786. The Kier molecular flexibility index (Phi) is 11.0. The quantitative estimate of drug-likeness (QED) is 0.338. The number of unbranched alkanes of at least 4 members (excludes halogenated alkanes) is 5. The minimum absolute atomic E-state index is 0.0483. The Morgan fingerprint density at radius 2 is 1.61 bits per heavy atom. The molecule has 0 saturated heterocycles. The zero-order valence-electron chi connectivity index (χ0n) is 19.9. The first-order valence-electron chi connectivity index (χ1n) is 11.9. The maximum absolute atomic E-state index is 13.0. The van der Waals surface area contributed by atoms with Gasteiger partial charge in [0, 0.05) is 18.8 Å². The van der Waals surface area contributed by atoms with Crippen molar-refractivity contribution >= 4 is 11.7 Å². The van der Waals surface area contributed by atoms with Crippen molar-refractivity contribution in [3.8, 4) is 5.75 Å². The Morgan fingerprint density at radius 1 is 0.903 bits per heavy atom. The average molecular weight is 425 g/mol. The molecule has 0 aliphatic carbocycles. The van der Waals surface area contributed by atoms with E-state index in [-0.39, 0.29) is 6.03 Å². The van der Waals surface area contributed by atoms with E-state index in [1.54, 1.807) is 0 Å². The van der Waals surface area contributed by atoms with Gasteiger partial charge >= 0.3 is 6.03 Å². The van der Waals surface area contributed by atoms with Gasteiger partial charge in [-0.15, -0.1) is 0 Å². The van der Waals surface area contributed by atoms with Gasteiger partial charge < -0.3 is 15.0 Å². The lowest BCUT2D eigenvalue weighted by atomic mass is 10.1. The van der Waals surface area contributed by atoms with Gasteiger partial charge in [0.25, 0.3) is 0 Å². The van der Waals surface area contributed by atoms with Crippen LogP contribution in [0.5, 0.6) is 5.75 Å². The van der Waals surface area contributed by atoms with E-state index in [4.69, 9.17) is 4.74 Å². The normalized spacial score (nSPS) is 10.7. The number of amides is 2.